The van der Waals surface area contributed by atoms with Crippen molar-refractivity contribution in [3.63, 3.8) is 0 Å². The van der Waals surface area contributed by atoms with Crippen molar-refractivity contribution in [2.24, 2.45) is 7.05 Å². The smallest absolute Gasteiger partial charge is 0.311 e. The number of aromatic nitrogens is 3. The van der Waals surface area contributed by atoms with Crippen LogP contribution in [0.1, 0.15) is 11.3 Å². The lowest BCUT2D eigenvalue weighted by Crippen LogP contribution is -2.19. The Morgan fingerprint density at radius 2 is 2.25 bits per heavy atom. The molecule has 2 aromatic heterocycles. The van der Waals surface area contributed by atoms with Gasteiger partial charge in [-0.1, -0.05) is 11.6 Å². The number of nitro groups is 1. The lowest BCUT2D eigenvalue weighted by Gasteiger charge is -2.17. The lowest BCUT2D eigenvalue weighted by atomic mass is 10.2. The second-order valence-electron chi connectivity index (χ2n) is 4.44. The monoisotopic (exact) mass is 295 g/mol. The predicted molar refractivity (Wildman–Crippen MR) is 76.0 cm³/mol. The molecule has 2 rings (SSSR count). The highest BCUT2D eigenvalue weighted by atomic mass is 35.5. The highest BCUT2D eigenvalue weighted by Crippen LogP contribution is 2.27. The average molecular weight is 296 g/mol. The van der Waals surface area contributed by atoms with Crippen molar-refractivity contribution in [2.45, 2.75) is 13.5 Å². The van der Waals surface area contributed by atoms with Gasteiger partial charge in [0.1, 0.15) is 5.15 Å². The first-order valence-electron chi connectivity index (χ1n) is 5.90. The van der Waals surface area contributed by atoms with Crippen LogP contribution in [0.4, 0.5) is 11.5 Å². The van der Waals surface area contributed by atoms with Crippen LogP contribution < -0.4 is 4.90 Å². The van der Waals surface area contributed by atoms with Crippen LogP contribution in [-0.2, 0) is 13.6 Å². The number of pyridine rings is 1. The van der Waals surface area contributed by atoms with Gasteiger partial charge in [-0.3, -0.25) is 14.8 Å². The second-order valence-corrected chi connectivity index (χ2v) is 4.80. The summed E-state index contributed by atoms with van der Waals surface area (Å²) in [7, 11) is 3.49. The molecule has 0 amide bonds. The zero-order valence-corrected chi connectivity index (χ0v) is 12.1. The average Bonchev–Trinajstić information content (AvgIpc) is 2.65. The zero-order valence-electron chi connectivity index (χ0n) is 11.4. The van der Waals surface area contributed by atoms with Crippen molar-refractivity contribution >= 4 is 23.1 Å². The fourth-order valence-electron chi connectivity index (χ4n) is 1.99. The molecule has 0 aliphatic carbocycles. The summed E-state index contributed by atoms with van der Waals surface area (Å²) < 4.78 is 1.58. The van der Waals surface area contributed by atoms with Crippen LogP contribution >= 0.6 is 11.6 Å². The van der Waals surface area contributed by atoms with Crippen molar-refractivity contribution < 1.29 is 4.92 Å². The fourth-order valence-corrected chi connectivity index (χ4v) is 2.22. The van der Waals surface area contributed by atoms with E-state index in [4.69, 9.17) is 11.6 Å². The summed E-state index contributed by atoms with van der Waals surface area (Å²) in [4.78, 5) is 16.3. The topological polar surface area (TPSA) is 77.1 Å². The van der Waals surface area contributed by atoms with Crippen molar-refractivity contribution in [3.8, 4) is 0 Å². The third-order valence-corrected chi connectivity index (χ3v) is 3.46. The van der Waals surface area contributed by atoms with Gasteiger partial charge in [0.25, 0.3) is 0 Å². The molecule has 7 nitrogen and oxygen atoms in total. The molecule has 0 saturated carbocycles. The van der Waals surface area contributed by atoms with Crippen molar-refractivity contribution in [1.29, 1.82) is 0 Å². The Labute approximate surface area is 120 Å². The minimum Gasteiger partial charge on any atom is -0.349 e. The van der Waals surface area contributed by atoms with E-state index in [1.54, 1.807) is 23.7 Å². The highest BCUT2D eigenvalue weighted by molar-refractivity contribution is 6.30. The number of aryl methyl sites for hydroxylation is 2. The van der Waals surface area contributed by atoms with Gasteiger partial charge in [0.2, 0.25) is 5.82 Å². The molecule has 8 heteroatoms. The lowest BCUT2D eigenvalue weighted by molar-refractivity contribution is -0.384. The number of nitrogens with zero attached hydrogens (tertiary/aromatic N) is 5. The van der Waals surface area contributed by atoms with Crippen LogP contribution in [0.2, 0.25) is 5.15 Å². The summed E-state index contributed by atoms with van der Waals surface area (Å²) in [5.74, 6) is 0.303. The minimum atomic E-state index is -0.448. The van der Waals surface area contributed by atoms with Gasteiger partial charge >= 0.3 is 5.69 Å². The molecule has 0 aromatic carbocycles. The quantitative estimate of drug-likeness (QED) is 0.639. The maximum Gasteiger partial charge on any atom is 0.311 e. The number of rotatable bonds is 4. The SMILES string of the molecule is Cc1nn(C)c(Cl)c1CN(C)c1ncccc1[N+](=O)[O-]. The van der Waals surface area contributed by atoms with Gasteiger partial charge in [0, 0.05) is 38.5 Å². The highest BCUT2D eigenvalue weighted by Gasteiger charge is 2.20. The van der Waals surface area contributed by atoms with Gasteiger partial charge in [0.05, 0.1) is 10.6 Å². The second kappa shape index (κ2) is 5.46. The maximum absolute atomic E-state index is 11.0. The number of hydrogen-bond donors (Lipinski definition) is 0. The van der Waals surface area contributed by atoms with E-state index in [-0.39, 0.29) is 5.69 Å². The molecule has 0 fully saturated rings. The molecule has 2 heterocycles. The first-order valence-corrected chi connectivity index (χ1v) is 6.28. The van der Waals surface area contributed by atoms with Crippen molar-refractivity contribution in [1.82, 2.24) is 14.8 Å². The molecule has 0 radical (unpaired) electrons. The number of halogens is 1. The fraction of sp³-hybridized carbons (Fsp3) is 0.333. The van der Waals surface area contributed by atoms with E-state index >= 15 is 0 Å². The first-order chi connectivity index (χ1) is 9.41. The van der Waals surface area contributed by atoms with E-state index in [0.717, 1.165) is 11.3 Å². The first kappa shape index (κ1) is 14.3. The van der Waals surface area contributed by atoms with Crippen molar-refractivity contribution in [3.05, 3.63) is 44.9 Å². The number of anilines is 1. The van der Waals surface area contributed by atoms with E-state index in [1.165, 1.54) is 18.3 Å². The Kier molecular flexibility index (Phi) is 3.89. The normalized spacial score (nSPS) is 10.6. The van der Waals surface area contributed by atoms with Crippen LogP contribution in [-0.4, -0.2) is 26.7 Å². The molecule has 0 spiro atoms. The largest absolute Gasteiger partial charge is 0.349 e. The van der Waals surface area contributed by atoms with Crippen LogP contribution in [0, 0.1) is 17.0 Å². The van der Waals surface area contributed by atoms with Gasteiger partial charge in [-0.15, -0.1) is 0 Å². The van der Waals surface area contributed by atoms with Crippen LogP contribution in [0.3, 0.4) is 0 Å². The van der Waals surface area contributed by atoms with Gasteiger partial charge in [-0.05, 0) is 13.0 Å². The van der Waals surface area contributed by atoms with Gasteiger partial charge in [-0.2, -0.15) is 5.10 Å². The Morgan fingerprint density at radius 3 is 2.80 bits per heavy atom. The molecule has 0 aliphatic heterocycles. The van der Waals surface area contributed by atoms with Gasteiger partial charge < -0.3 is 4.90 Å². The molecule has 106 valence electrons. The molecule has 0 bridgehead atoms. The van der Waals surface area contributed by atoms with E-state index in [0.29, 0.717) is 17.5 Å². The predicted octanol–water partition coefficient (Wildman–Crippen LogP) is 2.32. The summed E-state index contributed by atoms with van der Waals surface area (Å²) in [5, 5.41) is 15.8. The van der Waals surface area contributed by atoms with E-state index in [9.17, 15) is 10.1 Å². The molecule has 0 N–H and O–H groups in total. The van der Waals surface area contributed by atoms with Gasteiger partial charge in [-0.25, -0.2) is 4.98 Å². The third-order valence-electron chi connectivity index (χ3n) is 2.99. The summed E-state index contributed by atoms with van der Waals surface area (Å²) in [6.07, 6.45) is 1.52. The van der Waals surface area contributed by atoms with Crippen molar-refractivity contribution in [2.75, 3.05) is 11.9 Å². The Balaban J connectivity index is 2.33. The molecular formula is C12H14ClN5O2. The van der Waals surface area contributed by atoms with E-state index in [1.807, 2.05) is 6.92 Å². The summed E-state index contributed by atoms with van der Waals surface area (Å²) in [6, 6.07) is 2.97. The van der Waals surface area contributed by atoms with E-state index < -0.39 is 4.92 Å². The molecule has 0 aliphatic rings. The Bertz CT molecular complexity index is 655. The van der Waals surface area contributed by atoms with E-state index in [2.05, 4.69) is 10.1 Å². The molecular weight excluding hydrogens is 282 g/mol. The van der Waals surface area contributed by atoms with Crippen LogP contribution in [0.5, 0.6) is 0 Å². The molecule has 20 heavy (non-hydrogen) atoms. The maximum atomic E-state index is 11.0. The molecule has 0 unspecified atom stereocenters. The Hall–Kier alpha value is -2.15. The van der Waals surface area contributed by atoms with Crippen LogP contribution in [0.25, 0.3) is 0 Å². The number of hydrogen-bond acceptors (Lipinski definition) is 5. The minimum absolute atomic E-state index is 0.0346. The summed E-state index contributed by atoms with van der Waals surface area (Å²) in [5.41, 5.74) is 1.59. The van der Waals surface area contributed by atoms with Crippen LogP contribution in [0.15, 0.2) is 18.3 Å². The molecule has 0 saturated heterocycles. The molecule has 0 atom stereocenters. The Morgan fingerprint density at radius 1 is 1.55 bits per heavy atom. The molecule has 2 aromatic rings. The summed E-state index contributed by atoms with van der Waals surface area (Å²) in [6.45, 7) is 2.25. The summed E-state index contributed by atoms with van der Waals surface area (Å²) >= 11 is 6.17. The third kappa shape index (κ3) is 2.57. The van der Waals surface area contributed by atoms with Gasteiger partial charge in [0.15, 0.2) is 0 Å². The standard InChI is InChI=1S/C12H14ClN5O2/c1-8-9(11(13)17(3)15-8)7-16(2)12-10(18(19)20)5-4-6-14-12/h4-6H,7H2,1-3H3. The zero-order chi connectivity index (χ0) is 14.9.